The van der Waals surface area contributed by atoms with Crippen LogP contribution in [0.5, 0.6) is 11.5 Å². The average Bonchev–Trinajstić information content (AvgIpc) is 3.89. The first-order chi connectivity index (χ1) is 28.6. The van der Waals surface area contributed by atoms with Gasteiger partial charge in [0.25, 0.3) is 11.8 Å². The molecule has 4 N–H and O–H groups in total. The Hall–Kier alpha value is -5.08. The maximum absolute atomic E-state index is 13.8. The van der Waals surface area contributed by atoms with E-state index < -0.39 is 55.8 Å². The predicted molar refractivity (Wildman–Crippen MR) is 210 cm³/mol. The molecule has 2 amide bonds. The second-order valence-corrected chi connectivity index (χ2v) is 17.7. The lowest BCUT2D eigenvalue weighted by atomic mass is 10.0. The van der Waals surface area contributed by atoms with Gasteiger partial charge in [0.1, 0.15) is 23.6 Å². The zero-order valence-electron chi connectivity index (χ0n) is 34.1. The number of carbonyl (C=O) groups excluding carboxylic acids is 2. The van der Waals surface area contributed by atoms with Crippen molar-refractivity contribution in [2.45, 2.75) is 75.7 Å². The van der Waals surface area contributed by atoms with Gasteiger partial charge in [-0.05, 0) is 60.4 Å². The molecule has 4 aromatic rings. The summed E-state index contributed by atoms with van der Waals surface area (Å²) in [6, 6.07) is 8.86. The van der Waals surface area contributed by atoms with Crippen LogP contribution in [-0.2, 0) is 65.3 Å². The summed E-state index contributed by atoms with van der Waals surface area (Å²) in [6.07, 6.45) is 3.07. The molecule has 24 heteroatoms. The van der Waals surface area contributed by atoms with E-state index in [1.165, 1.54) is 84.5 Å². The number of sulfonamides is 2. The Morgan fingerprint density at radius 2 is 0.983 bits per heavy atom. The van der Waals surface area contributed by atoms with E-state index in [9.17, 15) is 36.8 Å². The number of nitrogens with one attached hydrogen (secondary N) is 2. The first kappa shape index (κ1) is 47.6. The fraction of sp³-hybridized carbons (Fsp3) is 0.500. The first-order valence-electron chi connectivity index (χ1n) is 18.7. The van der Waals surface area contributed by atoms with Crippen molar-refractivity contribution in [3.63, 3.8) is 0 Å². The van der Waals surface area contributed by atoms with Crippen molar-refractivity contribution in [2.24, 2.45) is 11.8 Å². The minimum absolute atomic E-state index is 0.0822. The molecule has 4 rings (SSSR count). The maximum Gasteiger partial charge on any atom is 0.262 e. The van der Waals surface area contributed by atoms with Crippen molar-refractivity contribution in [3.05, 3.63) is 72.3 Å². The lowest BCUT2D eigenvalue weighted by molar-refractivity contribution is -0.135. The van der Waals surface area contributed by atoms with Crippen molar-refractivity contribution in [2.75, 3.05) is 40.6 Å². The first-order valence-corrected chi connectivity index (χ1v) is 21.6. The highest BCUT2D eigenvalue weighted by Gasteiger charge is 2.40. The van der Waals surface area contributed by atoms with Gasteiger partial charge in [0.05, 0.1) is 88.0 Å². The molecule has 0 bridgehead atoms. The molecular formula is C36H52N10O12S2. The highest BCUT2D eigenvalue weighted by Crippen LogP contribution is 2.28. The van der Waals surface area contributed by atoms with Gasteiger partial charge in [0.2, 0.25) is 20.0 Å². The van der Waals surface area contributed by atoms with Crippen LogP contribution < -0.4 is 20.4 Å². The number of aromatic nitrogens is 6. The molecule has 0 aliphatic rings. The molecule has 2 aromatic carbocycles. The van der Waals surface area contributed by atoms with Gasteiger partial charge in [-0.2, -0.15) is 8.61 Å². The van der Waals surface area contributed by atoms with Gasteiger partial charge in [-0.15, -0.1) is 10.2 Å². The molecule has 0 aliphatic heterocycles. The number of amides is 2. The zero-order chi connectivity index (χ0) is 44.0. The van der Waals surface area contributed by atoms with Crippen molar-refractivity contribution in [1.82, 2.24) is 49.6 Å². The van der Waals surface area contributed by atoms with Crippen LogP contribution >= 0.6 is 0 Å². The molecule has 0 spiro atoms. The van der Waals surface area contributed by atoms with E-state index in [0.717, 1.165) is 8.61 Å². The fourth-order valence-corrected chi connectivity index (χ4v) is 9.48. The van der Waals surface area contributed by atoms with Gasteiger partial charge in [-0.3, -0.25) is 20.0 Å². The van der Waals surface area contributed by atoms with Crippen LogP contribution in [0.25, 0.3) is 0 Å². The summed E-state index contributed by atoms with van der Waals surface area (Å²) in [5.74, 6) is -1.95. The van der Waals surface area contributed by atoms with Gasteiger partial charge in [-0.1, -0.05) is 38.1 Å². The van der Waals surface area contributed by atoms with Gasteiger partial charge < -0.3 is 18.9 Å². The second-order valence-electron chi connectivity index (χ2n) is 14.0. The summed E-state index contributed by atoms with van der Waals surface area (Å²) >= 11 is 0. The maximum atomic E-state index is 13.8. The Morgan fingerprint density at radius 3 is 1.28 bits per heavy atom. The number of methoxy groups -OCH3 is 2. The number of hydroxylamine groups is 2. The highest BCUT2D eigenvalue weighted by atomic mass is 32.2. The van der Waals surface area contributed by atoms with Crippen molar-refractivity contribution in [1.29, 1.82) is 0 Å². The Labute approximate surface area is 348 Å². The minimum atomic E-state index is -4.26. The summed E-state index contributed by atoms with van der Waals surface area (Å²) in [7, 11) is -5.62. The number of carbonyl (C=O) groups is 2. The topological polar surface area (TPSA) is 272 Å². The normalized spacial score (nSPS) is 13.2. The van der Waals surface area contributed by atoms with Crippen LogP contribution in [0, 0.1) is 11.8 Å². The second kappa shape index (κ2) is 22.0. The molecule has 60 heavy (non-hydrogen) atoms. The number of hydrogen-bond acceptors (Lipinski definition) is 16. The zero-order valence-corrected chi connectivity index (χ0v) is 35.7. The summed E-state index contributed by atoms with van der Waals surface area (Å²) in [6.45, 7) is 7.43. The molecule has 0 unspecified atom stereocenters. The third-order valence-corrected chi connectivity index (χ3v) is 12.8. The molecule has 0 saturated heterocycles. The van der Waals surface area contributed by atoms with Gasteiger partial charge in [-0.25, -0.2) is 37.2 Å². The van der Waals surface area contributed by atoms with Crippen molar-refractivity contribution in [3.8, 4) is 11.5 Å². The van der Waals surface area contributed by atoms with Crippen LogP contribution in [0.15, 0.2) is 70.7 Å². The Bertz CT molecular complexity index is 2040. The molecule has 2 aromatic heterocycles. The Kier molecular flexibility index (Phi) is 17.4. The lowest BCUT2D eigenvalue weighted by Gasteiger charge is -2.31. The summed E-state index contributed by atoms with van der Waals surface area (Å²) in [5, 5.41) is 35.2. The highest BCUT2D eigenvalue weighted by molar-refractivity contribution is 7.89. The lowest BCUT2D eigenvalue weighted by Crippen LogP contribution is -2.51. The Morgan fingerprint density at radius 1 is 0.633 bits per heavy atom. The molecule has 330 valence electrons. The van der Waals surface area contributed by atoms with E-state index in [1.807, 2.05) is 0 Å². The van der Waals surface area contributed by atoms with Crippen LogP contribution in [0.3, 0.4) is 0 Å². The van der Waals surface area contributed by atoms with Crippen molar-refractivity contribution < 1.29 is 55.8 Å². The SMILES string of the molecule is COc1ccc(S(=O)(=O)N(Cc2cn(CCOCCOCCn3cc(CN([C@@H](C(=O)NO)C(C)C)S(=O)(=O)c4ccc(OC)cc4)nn3)nn2)[C@H](C(=O)NO)C(C)C)cc1. The number of nitrogens with zero attached hydrogens (tertiary/aromatic N) is 8. The van der Waals surface area contributed by atoms with E-state index in [1.54, 1.807) is 38.7 Å². The summed E-state index contributed by atoms with van der Waals surface area (Å²) in [5.41, 5.74) is 3.65. The van der Waals surface area contributed by atoms with Gasteiger partial charge in [0.15, 0.2) is 0 Å². The van der Waals surface area contributed by atoms with Crippen LogP contribution in [0.4, 0.5) is 0 Å². The number of hydrogen-bond donors (Lipinski definition) is 4. The van der Waals surface area contributed by atoms with Gasteiger partial charge in [0, 0.05) is 12.4 Å². The number of ether oxygens (including phenoxy) is 4. The quantitative estimate of drug-likeness (QED) is 0.0412. The van der Waals surface area contributed by atoms with E-state index in [2.05, 4.69) is 20.6 Å². The molecule has 2 heterocycles. The molecule has 0 radical (unpaired) electrons. The summed E-state index contributed by atoms with van der Waals surface area (Å²) in [4.78, 5) is 25.2. The fourth-order valence-electron chi connectivity index (χ4n) is 6.09. The smallest absolute Gasteiger partial charge is 0.262 e. The van der Waals surface area contributed by atoms with Crippen LogP contribution in [-0.4, -0.2) is 130 Å². The van der Waals surface area contributed by atoms with Gasteiger partial charge >= 0.3 is 0 Å². The number of benzene rings is 2. The van der Waals surface area contributed by atoms with E-state index in [-0.39, 0.29) is 73.8 Å². The van der Waals surface area contributed by atoms with E-state index >= 15 is 0 Å². The third-order valence-electron chi connectivity index (χ3n) is 9.08. The van der Waals surface area contributed by atoms with Crippen LogP contribution in [0.1, 0.15) is 39.1 Å². The predicted octanol–water partition coefficient (Wildman–Crippen LogP) is 1.06. The minimum Gasteiger partial charge on any atom is -0.497 e. The standard InChI is InChI=1S/C36H52N10O12S2/c1-25(2)33(35(47)39-49)45(59(51,52)31-11-7-29(55-5)8-12-31)23-27-21-43(41-37-27)15-17-57-19-20-58-18-16-44-22-28(38-42-44)24-46(34(26(3)4)36(48)40-50)60(53,54)32-13-9-30(56-6)10-14-32/h7-14,21-22,25-26,33-34,49-50H,15-20,23-24H2,1-6H3,(H,39,47)(H,40,48)/t33-,34+. The average molecular weight is 881 g/mol. The van der Waals surface area contributed by atoms with Crippen LogP contribution in [0.2, 0.25) is 0 Å². The molecule has 0 fully saturated rings. The summed E-state index contributed by atoms with van der Waals surface area (Å²) < 4.78 is 81.7. The largest absolute Gasteiger partial charge is 0.497 e. The molecule has 0 aliphatic carbocycles. The number of rotatable bonds is 25. The molecule has 0 saturated carbocycles. The molecule has 2 atom stereocenters. The Balaban J connectivity index is 1.28. The van der Waals surface area contributed by atoms with Crippen molar-refractivity contribution >= 4 is 31.9 Å². The molecular weight excluding hydrogens is 829 g/mol. The van der Waals surface area contributed by atoms with E-state index in [4.69, 9.17) is 18.9 Å². The van der Waals surface area contributed by atoms with E-state index in [0.29, 0.717) is 11.5 Å². The monoisotopic (exact) mass is 880 g/mol. The third kappa shape index (κ3) is 12.2. The molecule has 22 nitrogen and oxygen atoms in total.